The lowest BCUT2D eigenvalue weighted by Gasteiger charge is -2.12. The molecular formula is C56H32N6OS. The van der Waals surface area contributed by atoms with Crippen LogP contribution in [0.25, 0.3) is 132 Å². The van der Waals surface area contributed by atoms with Crippen molar-refractivity contribution in [2.45, 2.75) is 0 Å². The summed E-state index contributed by atoms with van der Waals surface area (Å²) in [5, 5.41) is 8.74. The second-order valence-corrected chi connectivity index (χ2v) is 17.2. The van der Waals surface area contributed by atoms with Crippen LogP contribution in [0.15, 0.2) is 199 Å². The van der Waals surface area contributed by atoms with Crippen molar-refractivity contribution in [3.05, 3.63) is 194 Å². The third-order valence-electron chi connectivity index (χ3n) is 12.6. The zero-order chi connectivity index (χ0) is 41.9. The summed E-state index contributed by atoms with van der Waals surface area (Å²) in [5.41, 5.74) is 11.4. The minimum Gasteiger partial charge on any atom is -0.439 e. The van der Waals surface area contributed by atoms with E-state index in [0.29, 0.717) is 17.6 Å². The number of hydrogen-bond acceptors (Lipinski definition) is 6. The van der Waals surface area contributed by atoms with Gasteiger partial charge in [-0.15, -0.1) is 11.3 Å². The second-order valence-electron chi connectivity index (χ2n) is 16.2. The van der Waals surface area contributed by atoms with Gasteiger partial charge in [0.15, 0.2) is 0 Å². The summed E-state index contributed by atoms with van der Waals surface area (Å²) in [7, 11) is 0. The van der Waals surface area contributed by atoms with E-state index >= 15 is 0 Å². The summed E-state index contributed by atoms with van der Waals surface area (Å²) in [5.74, 6) is 1.21. The van der Waals surface area contributed by atoms with Gasteiger partial charge in [-0.1, -0.05) is 146 Å². The molecule has 0 unspecified atom stereocenters. The molecule has 0 amide bonds. The second kappa shape index (κ2) is 13.5. The zero-order valence-electron chi connectivity index (χ0n) is 34.0. The topological polar surface area (TPSA) is 74.6 Å². The quantitative estimate of drug-likeness (QED) is 0.173. The molecule has 7 nitrogen and oxygen atoms in total. The van der Waals surface area contributed by atoms with E-state index in [-0.39, 0.29) is 0 Å². The molecule has 64 heavy (non-hydrogen) atoms. The number of furan rings is 1. The van der Waals surface area contributed by atoms with Crippen molar-refractivity contribution < 1.29 is 4.42 Å². The van der Waals surface area contributed by atoms with E-state index in [1.165, 1.54) is 15.5 Å². The van der Waals surface area contributed by atoms with Crippen LogP contribution in [0.4, 0.5) is 0 Å². The molecule has 6 aromatic heterocycles. The number of fused-ring (bicyclic) bond motifs is 12. The normalized spacial score (nSPS) is 12.1. The summed E-state index contributed by atoms with van der Waals surface area (Å²) < 4.78 is 12.3. The number of hydrogen-bond donors (Lipinski definition) is 0. The maximum atomic E-state index is 6.74. The standard InChI is InChI=1S/C56H32N6OS/c1-3-15-33(16-4-1)51-37-19-7-11-23-43(37)57-55(59-51)61-45-29-27-35(31-41(45)49-39-21-9-13-25-47(39)63-53(49)61)36-28-30-46-42(32-36)50-40-22-10-14-26-48(40)64-54(50)62(46)56-58-44-24-12-8-20-38(44)52(60-56)34-17-5-2-6-18-34/h1-32H. The maximum Gasteiger partial charge on any atom is 0.238 e. The summed E-state index contributed by atoms with van der Waals surface area (Å²) >= 11 is 1.78. The monoisotopic (exact) mass is 836 g/mol. The molecule has 0 bridgehead atoms. The summed E-state index contributed by atoms with van der Waals surface area (Å²) in [6.07, 6.45) is 0. The van der Waals surface area contributed by atoms with Gasteiger partial charge in [0.1, 0.15) is 10.4 Å². The fraction of sp³-hybridized carbons (Fsp3) is 0. The molecule has 8 heteroatoms. The van der Waals surface area contributed by atoms with E-state index in [1.807, 2.05) is 54.6 Å². The lowest BCUT2D eigenvalue weighted by atomic mass is 10.00. The van der Waals surface area contributed by atoms with E-state index < -0.39 is 0 Å². The minimum atomic E-state index is 0.560. The van der Waals surface area contributed by atoms with Crippen LogP contribution in [0.5, 0.6) is 0 Å². The van der Waals surface area contributed by atoms with Crippen molar-refractivity contribution in [2.24, 2.45) is 0 Å². The van der Waals surface area contributed by atoms with Crippen LogP contribution in [-0.2, 0) is 0 Å². The maximum absolute atomic E-state index is 6.74. The van der Waals surface area contributed by atoms with Crippen molar-refractivity contribution in [1.82, 2.24) is 29.1 Å². The first-order valence-corrected chi connectivity index (χ1v) is 22.1. The van der Waals surface area contributed by atoms with Crippen LogP contribution in [0.2, 0.25) is 0 Å². The van der Waals surface area contributed by atoms with Gasteiger partial charge in [-0.05, 0) is 59.7 Å². The van der Waals surface area contributed by atoms with Gasteiger partial charge in [-0.2, -0.15) is 0 Å². The highest BCUT2D eigenvalue weighted by molar-refractivity contribution is 7.25. The van der Waals surface area contributed by atoms with Crippen LogP contribution in [0.1, 0.15) is 0 Å². The Morgan fingerprint density at radius 1 is 0.375 bits per heavy atom. The molecule has 0 saturated heterocycles. The Bertz CT molecular complexity index is 3930. The average Bonchev–Trinajstić information content (AvgIpc) is 4.10. The van der Waals surface area contributed by atoms with Crippen molar-refractivity contribution >= 4 is 97.3 Å². The Morgan fingerprint density at radius 3 is 1.52 bits per heavy atom. The van der Waals surface area contributed by atoms with Gasteiger partial charge in [0, 0.05) is 53.5 Å². The van der Waals surface area contributed by atoms with Crippen LogP contribution in [0.3, 0.4) is 0 Å². The van der Waals surface area contributed by atoms with E-state index in [4.69, 9.17) is 24.4 Å². The molecule has 0 N–H and O–H groups in total. The number of nitrogens with zero attached hydrogens (tertiary/aromatic N) is 6. The predicted molar refractivity (Wildman–Crippen MR) is 263 cm³/mol. The van der Waals surface area contributed by atoms with Gasteiger partial charge in [0.2, 0.25) is 17.6 Å². The largest absolute Gasteiger partial charge is 0.439 e. The van der Waals surface area contributed by atoms with Crippen LogP contribution < -0.4 is 0 Å². The fourth-order valence-corrected chi connectivity index (χ4v) is 10.9. The zero-order valence-corrected chi connectivity index (χ0v) is 34.8. The molecule has 0 saturated carbocycles. The third kappa shape index (κ3) is 5.14. The fourth-order valence-electron chi connectivity index (χ4n) is 9.70. The number of rotatable bonds is 5. The Morgan fingerprint density at radius 2 is 0.875 bits per heavy atom. The molecule has 0 aliphatic heterocycles. The van der Waals surface area contributed by atoms with Crippen molar-refractivity contribution in [1.29, 1.82) is 0 Å². The van der Waals surface area contributed by atoms with Crippen molar-refractivity contribution in [3.8, 4) is 45.5 Å². The Balaban J connectivity index is 1.00. The number of aromatic nitrogens is 6. The predicted octanol–water partition coefficient (Wildman–Crippen LogP) is 14.7. The van der Waals surface area contributed by atoms with E-state index in [2.05, 4.69) is 149 Å². The molecule has 14 aromatic rings. The third-order valence-corrected chi connectivity index (χ3v) is 13.7. The SMILES string of the molecule is c1ccc(-c2nc(-n3c4ccc(-c5ccc6c(c5)c5c7ccccc7sc5n6-c5nc(-c6ccccc6)c6ccccc6n5)cc4c4c5ccccc5oc43)nc3ccccc23)cc1. The highest BCUT2D eigenvalue weighted by Gasteiger charge is 2.25. The highest BCUT2D eigenvalue weighted by atomic mass is 32.1. The summed E-state index contributed by atoms with van der Waals surface area (Å²) in [6.45, 7) is 0. The first-order chi connectivity index (χ1) is 31.7. The van der Waals surface area contributed by atoms with Crippen molar-refractivity contribution in [2.75, 3.05) is 0 Å². The van der Waals surface area contributed by atoms with Gasteiger partial charge < -0.3 is 4.42 Å². The van der Waals surface area contributed by atoms with E-state index in [9.17, 15) is 0 Å². The first-order valence-electron chi connectivity index (χ1n) is 21.3. The number of para-hydroxylation sites is 3. The Kier molecular flexibility index (Phi) is 7.43. The van der Waals surface area contributed by atoms with Gasteiger partial charge in [-0.25, -0.2) is 24.5 Å². The molecule has 6 heterocycles. The Hall–Kier alpha value is -8.46. The van der Waals surface area contributed by atoms with E-state index in [1.54, 1.807) is 11.3 Å². The lowest BCUT2D eigenvalue weighted by molar-refractivity contribution is 0.642. The highest BCUT2D eigenvalue weighted by Crippen LogP contribution is 2.45. The van der Waals surface area contributed by atoms with Gasteiger partial charge >= 0.3 is 0 Å². The molecule has 0 fully saturated rings. The summed E-state index contributed by atoms with van der Waals surface area (Å²) in [6, 6.07) is 67.7. The molecule has 0 radical (unpaired) electrons. The number of benzene rings is 8. The lowest BCUT2D eigenvalue weighted by Crippen LogP contribution is -2.03. The molecule has 0 aliphatic rings. The average molecular weight is 837 g/mol. The molecule has 298 valence electrons. The molecule has 0 aliphatic carbocycles. The summed E-state index contributed by atoms with van der Waals surface area (Å²) in [4.78, 5) is 22.2. The molecule has 8 aromatic carbocycles. The van der Waals surface area contributed by atoms with E-state index in [0.717, 1.165) is 98.4 Å². The van der Waals surface area contributed by atoms with Crippen LogP contribution in [0, 0.1) is 0 Å². The Labute approximate surface area is 368 Å². The molecular weight excluding hydrogens is 805 g/mol. The van der Waals surface area contributed by atoms with Crippen molar-refractivity contribution in [3.63, 3.8) is 0 Å². The van der Waals surface area contributed by atoms with Crippen LogP contribution in [-0.4, -0.2) is 29.1 Å². The van der Waals surface area contributed by atoms with Gasteiger partial charge in [0.25, 0.3) is 0 Å². The number of thiophene rings is 1. The molecule has 0 spiro atoms. The van der Waals surface area contributed by atoms with Gasteiger partial charge in [0.05, 0.1) is 38.8 Å². The molecule has 0 atom stereocenters. The smallest absolute Gasteiger partial charge is 0.238 e. The first kappa shape index (κ1) is 35.2. The minimum absolute atomic E-state index is 0.560. The van der Waals surface area contributed by atoms with Crippen LogP contribution >= 0.6 is 11.3 Å². The molecule has 14 rings (SSSR count). The van der Waals surface area contributed by atoms with Gasteiger partial charge in [-0.3, -0.25) is 4.57 Å².